The second-order valence-electron chi connectivity index (χ2n) is 6.88. The average Bonchev–Trinajstić information content (AvgIpc) is 3.28. The number of hydrazone groups is 1. The first-order valence-electron chi connectivity index (χ1n) is 8.83. The van der Waals surface area contributed by atoms with E-state index in [0.717, 1.165) is 33.5 Å². The van der Waals surface area contributed by atoms with E-state index in [9.17, 15) is 0 Å². The van der Waals surface area contributed by atoms with Crippen molar-refractivity contribution in [3.05, 3.63) is 83.9 Å². The molecule has 28 heavy (non-hydrogen) atoms. The first kappa shape index (κ1) is 18.5. The van der Waals surface area contributed by atoms with Crippen LogP contribution in [0, 0.1) is 6.92 Å². The lowest BCUT2D eigenvalue weighted by Gasteiger charge is -2.38. The first-order valence-corrected chi connectivity index (χ1v) is 11.2. The van der Waals surface area contributed by atoms with Crippen LogP contribution in [-0.2, 0) is 0 Å². The van der Waals surface area contributed by atoms with E-state index in [4.69, 9.17) is 33.0 Å². The van der Waals surface area contributed by atoms with E-state index in [0.29, 0.717) is 10.0 Å². The van der Waals surface area contributed by atoms with Crippen molar-refractivity contribution in [3.8, 4) is 5.75 Å². The standard InChI is InChI=1S/C21H15BrCl2N2OS/c1-11-2-7-20(28-11)17-10-18-15-8-12(22)3-6-19(15)27-21(26(18)25-17)14-5-4-13(23)9-16(14)24/h2-9,18,21H,10H2,1H3/t18-,21+/m1/s1. The van der Waals surface area contributed by atoms with Gasteiger partial charge in [-0.3, -0.25) is 0 Å². The zero-order valence-corrected chi connectivity index (χ0v) is 18.7. The second kappa shape index (κ2) is 7.06. The van der Waals surface area contributed by atoms with Gasteiger partial charge in [0.05, 0.1) is 21.7 Å². The number of rotatable bonds is 2. The Labute approximate surface area is 185 Å². The van der Waals surface area contributed by atoms with Crippen molar-refractivity contribution < 1.29 is 4.74 Å². The Bertz CT molecular complexity index is 1110. The van der Waals surface area contributed by atoms with Gasteiger partial charge in [-0.25, -0.2) is 5.01 Å². The van der Waals surface area contributed by atoms with Gasteiger partial charge in [-0.15, -0.1) is 11.3 Å². The van der Waals surface area contributed by atoms with Crippen LogP contribution in [0.1, 0.15) is 39.6 Å². The van der Waals surface area contributed by atoms with Crippen LogP contribution in [0.2, 0.25) is 10.0 Å². The molecule has 1 aromatic heterocycles. The van der Waals surface area contributed by atoms with E-state index in [1.807, 2.05) is 29.3 Å². The molecule has 0 unspecified atom stereocenters. The van der Waals surface area contributed by atoms with Gasteiger partial charge in [-0.05, 0) is 49.4 Å². The van der Waals surface area contributed by atoms with E-state index < -0.39 is 6.23 Å². The highest BCUT2D eigenvalue weighted by Crippen LogP contribution is 2.49. The number of benzene rings is 2. The number of hydrogen-bond donors (Lipinski definition) is 0. The molecular weight excluding hydrogens is 479 g/mol. The summed E-state index contributed by atoms with van der Waals surface area (Å²) in [4.78, 5) is 2.48. The molecule has 2 aromatic carbocycles. The van der Waals surface area contributed by atoms with Gasteiger partial charge in [-0.2, -0.15) is 5.10 Å². The van der Waals surface area contributed by atoms with E-state index in [-0.39, 0.29) is 6.04 Å². The van der Waals surface area contributed by atoms with Gasteiger partial charge in [-0.1, -0.05) is 45.2 Å². The van der Waals surface area contributed by atoms with E-state index >= 15 is 0 Å². The van der Waals surface area contributed by atoms with E-state index in [2.05, 4.69) is 41.1 Å². The van der Waals surface area contributed by atoms with Crippen LogP contribution in [-0.4, -0.2) is 10.7 Å². The minimum atomic E-state index is -0.401. The minimum absolute atomic E-state index is 0.0930. The highest BCUT2D eigenvalue weighted by atomic mass is 79.9. The van der Waals surface area contributed by atoms with Crippen molar-refractivity contribution in [3.63, 3.8) is 0 Å². The van der Waals surface area contributed by atoms with Gasteiger partial charge in [0.25, 0.3) is 0 Å². The monoisotopic (exact) mass is 492 g/mol. The lowest BCUT2D eigenvalue weighted by atomic mass is 9.97. The maximum atomic E-state index is 6.52. The molecule has 0 fully saturated rings. The van der Waals surface area contributed by atoms with Gasteiger partial charge in [0.2, 0.25) is 6.23 Å². The fourth-order valence-corrected chi connectivity index (χ4v) is 5.45. The summed E-state index contributed by atoms with van der Waals surface area (Å²) in [6, 6.07) is 16.0. The number of aryl methyl sites for hydroxylation is 1. The number of thiophene rings is 1. The molecule has 2 atom stereocenters. The summed E-state index contributed by atoms with van der Waals surface area (Å²) in [6.45, 7) is 2.11. The molecule has 0 radical (unpaired) electrons. The number of ether oxygens (including phenoxy) is 1. The Morgan fingerprint density at radius 2 is 1.96 bits per heavy atom. The van der Waals surface area contributed by atoms with Crippen molar-refractivity contribution >= 4 is 56.2 Å². The highest BCUT2D eigenvalue weighted by molar-refractivity contribution is 9.10. The maximum Gasteiger partial charge on any atom is 0.215 e. The molecule has 0 saturated heterocycles. The predicted octanol–water partition coefficient (Wildman–Crippen LogP) is 7.37. The van der Waals surface area contributed by atoms with Gasteiger partial charge in [0, 0.05) is 31.9 Å². The molecule has 0 N–H and O–H groups in total. The molecule has 2 aliphatic heterocycles. The lowest BCUT2D eigenvalue weighted by Crippen LogP contribution is -2.33. The molecule has 0 saturated carbocycles. The number of nitrogens with zero attached hydrogens (tertiary/aromatic N) is 2. The van der Waals surface area contributed by atoms with Crippen LogP contribution in [0.5, 0.6) is 5.75 Å². The normalized spacial score (nSPS) is 20.4. The summed E-state index contributed by atoms with van der Waals surface area (Å²) in [7, 11) is 0. The topological polar surface area (TPSA) is 24.8 Å². The smallest absolute Gasteiger partial charge is 0.215 e. The van der Waals surface area contributed by atoms with Crippen molar-refractivity contribution in [2.45, 2.75) is 25.6 Å². The van der Waals surface area contributed by atoms with E-state index in [1.54, 1.807) is 17.4 Å². The third-order valence-electron chi connectivity index (χ3n) is 5.01. The van der Waals surface area contributed by atoms with Crippen molar-refractivity contribution in [1.29, 1.82) is 0 Å². The largest absolute Gasteiger partial charge is 0.464 e. The van der Waals surface area contributed by atoms with E-state index in [1.165, 1.54) is 9.75 Å². The molecule has 5 rings (SSSR count). The van der Waals surface area contributed by atoms with Crippen LogP contribution >= 0.6 is 50.5 Å². The molecule has 2 aliphatic rings. The molecule has 0 spiro atoms. The quantitative estimate of drug-likeness (QED) is 0.372. The number of hydrogen-bond acceptors (Lipinski definition) is 4. The Kier molecular flexibility index (Phi) is 4.67. The third kappa shape index (κ3) is 3.14. The van der Waals surface area contributed by atoms with Crippen LogP contribution in [0.3, 0.4) is 0 Å². The average molecular weight is 494 g/mol. The van der Waals surface area contributed by atoms with Gasteiger partial charge in [0.1, 0.15) is 5.75 Å². The molecule has 142 valence electrons. The Morgan fingerprint density at radius 1 is 1.11 bits per heavy atom. The maximum absolute atomic E-state index is 6.52. The van der Waals surface area contributed by atoms with Crippen LogP contribution in [0.15, 0.2) is 58.1 Å². The number of fused-ring (bicyclic) bond motifs is 3. The zero-order chi connectivity index (χ0) is 19.4. The minimum Gasteiger partial charge on any atom is -0.464 e. The lowest BCUT2D eigenvalue weighted by molar-refractivity contribution is -0.0190. The second-order valence-corrected chi connectivity index (χ2v) is 9.92. The summed E-state index contributed by atoms with van der Waals surface area (Å²) < 4.78 is 7.40. The number of halogens is 3. The third-order valence-corrected chi connectivity index (χ3v) is 7.11. The summed E-state index contributed by atoms with van der Waals surface area (Å²) in [5.74, 6) is 0.860. The van der Waals surface area contributed by atoms with Gasteiger partial charge in [0.15, 0.2) is 0 Å². The summed E-state index contributed by atoms with van der Waals surface area (Å²) >= 11 is 18.0. The van der Waals surface area contributed by atoms with Crippen LogP contribution in [0.4, 0.5) is 0 Å². The zero-order valence-electron chi connectivity index (χ0n) is 14.8. The summed E-state index contributed by atoms with van der Waals surface area (Å²) in [6.07, 6.45) is 0.427. The van der Waals surface area contributed by atoms with Crippen LogP contribution < -0.4 is 4.74 Å². The van der Waals surface area contributed by atoms with Crippen LogP contribution in [0.25, 0.3) is 0 Å². The highest BCUT2D eigenvalue weighted by Gasteiger charge is 2.42. The predicted molar refractivity (Wildman–Crippen MR) is 119 cm³/mol. The van der Waals surface area contributed by atoms with Crippen molar-refractivity contribution in [1.82, 2.24) is 5.01 Å². The van der Waals surface area contributed by atoms with Crippen molar-refractivity contribution in [2.75, 3.05) is 0 Å². The summed E-state index contributed by atoms with van der Waals surface area (Å²) in [5.41, 5.74) is 3.06. The molecule has 3 heterocycles. The molecule has 0 aliphatic carbocycles. The SMILES string of the molecule is Cc1ccc(C2=NN3[C@H](C2)c2cc(Br)ccc2O[C@H]3c2ccc(Cl)cc2Cl)s1. The Morgan fingerprint density at radius 3 is 2.71 bits per heavy atom. The summed E-state index contributed by atoms with van der Waals surface area (Å²) in [5, 5.41) is 8.19. The molecule has 0 bridgehead atoms. The molecular formula is C21H15BrCl2N2OS. The van der Waals surface area contributed by atoms with Gasteiger partial charge < -0.3 is 4.74 Å². The Balaban J connectivity index is 1.63. The molecule has 7 heteroatoms. The molecule has 0 amide bonds. The fourth-order valence-electron chi connectivity index (χ4n) is 3.70. The molecule has 3 nitrogen and oxygen atoms in total. The van der Waals surface area contributed by atoms with Crippen molar-refractivity contribution in [2.24, 2.45) is 5.10 Å². The fraction of sp³-hybridized carbons (Fsp3) is 0.190. The first-order chi connectivity index (χ1) is 13.5. The van der Waals surface area contributed by atoms with Gasteiger partial charge >= 0.3 is 0 Å². The Hall–Kier alpha value is -1.53. The molecule has 3 aromatic rings.